The molecule has 0 amide bonds. The number of aryl methyl sites for hydroxylation is 1. The zero-order chi connectivity index (χ0) is 15.2. The fourth-order valence-electron chi connectivity index (χ4n) is 2.02. The number of benzene rings is 1. The lowest BCUT2D eigenvalue weighted by atomic mass is 10.2. The van der Waals surface area contributed by atoms with E-state index in [1.807, 2.05) is 37.3 Å². The Morgan fingerprint density at radius 3 is 2.57 bits per heavy atom. The van der Waals surface area contributed by atoms with Crippen LogP contribution in [0.5, 0.6) is 11.5 Å². The molecule has 114 valence electrons. The van der Waals surface area contributed by atoms with Crippen molar-refractivity contribution in [2.45, 2.75) is 40.0 Å². The molecule has 21 heavy (non-hydrogen) atoms. The molecule has 1 heterocycles. The third kappa shape index (κ3) is 4.26. The molecule has 0 aliphatic heterocycles. The van der Waals surface area contributed by atoms with E-state index in [0.29, 0.717) is 12.6 Å². The van der Waals surface area contributed by atoms with E-state index in [1.54, 1.807) is 7.11 Å². The Bertz CT molecular complexity index is 575. The largest absolute Gasteiger partial charge is 0.493 e. The minimum Gasteiger partial charge on any atom is -0.493 e. The van der Waals surface area contributed by atoms with E-state index in [0.717, 1.165) is 35.1 Å². The van der Waals surface area contributed by atoms with Gasteiger partial charge in [0.05, 0.1) is 13.7 Å². The number of hydrogen-bond donors (Lipinski definition) is 1. The molecule has 0 saturated heterocycles. The maximum atomic E-state index is 5.83. The zero-order valence-electron chi connectivity index (χ0n) is 13.1. The van der Waals surface area contributed by atoms with Gasteiger partial charge in [-0.15, -0.1) is 0 Å². The molecule has 1 aromatic carbocycles. The second-order valence-electron chi connectivity index (χ2n) is 5.29. The molecule has 1 aromatic heterocycles. The van der Waals surface area contributed by atoms with Crippen LogP contribution in [0.4, 0.5) is 0 Å². The van der Waals surface area contributed by atoms with Crippen molar-refractivity contribution in [2.75, 3.05) is 7.11 Å². The smallest absolute Gasteiger partial charge is 0.161 e. The monoisotopic (exact) mass is 289 g/mol. The van der Waals surface area contributed by atoms with E-state index in [2.05, 4.69) is 19.2 Å². The number of methoxy groups -OCH3 is 1. The lowest BCUT2D eigenvalue weighted by molar-refractivity contribution is 0.252. The topological polar surface area (TPSA) is 43.6 Å². The third-order valence-corrected chi connectivity index (χ3v) is 3.18. The fraction of sp³-hybridized carbons (Fsp3) is 0.412. The average molecular weight is 289 g/mol. The molecule has 2 aromatic rings. The van der Waals surface area contributed by atoms with Crippen LogP contribution in [0.25, 0.3) is 0 Å². The molecular weight excluding hydrogens is 266 g/mol. The summed E-state index contributed by atoms with van der Waals surface area (Å²) in [6.07, 6.45) is 0. The first kappa shape index (κ1) is 15.4. The minimum atomic E-state index is 0.392. The van der Waals surface area contributed by atoms with Gasteiger partial charge in [-0.05, 0) is 30.7 Å². The van der Waals surface area contributed by atoms with Crippen LogP contribution < -0.4 is 14.8 Å². The predicted octanol–water partition coefficient (Wildman–Crippen LogP) is 3.67. The van der Waals surface area contributed by atoms with Gasteiger partial charge < -0.3 is 19.2 Å². The SMILES string of the molecule is COc1ccccc1OCc1cc(C)c(CNC(C)C)o1. The summed E-state index contributed by atoms with van der Waals surface area (Å²) < 4.78 is 16.9. The number of hydrogen-bond acceptors (Lipinski definition) is 4. The Hall–Kier alpha value is -1.94. The molecule has 2 rings (SSSR count). The Morgan fingerprint density at radius 2 is 1.90 bits per heavy atom. The van der Waals surface area contributed by atoms with E-state index in [1.165, 1.54) is 0 Å². The first-order valence-corrected chi connectivity index (χ1v) is 7.17. The van der Waals surface area contributed by atoms with Gasteiger partial charge in [0.15, 0.2) is 11.5 Å². The maximum absolute atomic E-state index is 5.83. The van der Waals surface area contributed by atoms with Gasteiger partial charge in [0.2, 0.25) is 0 Å². The van der Waals surface area contributed by atoms with Crippen molar-refractivity contribution in [3.8, 4) is 11.5 Å². The van der Waals surface area contributed by atoms with Crippen molar-refractivity contribution in [2.24, 2.45) is 0 Å². The maximum Gasteiger partial charge on any atom is 0.161 e. The van der Waals surface area contributed by atoms with Gasteiger partial charge in [-0.3, -0.25) is 0 Å². The molecule has 4 heteroatoms. The Balaban J connectivity index is 1.99. The molecule has 0 radical (unpaired) electrons. The van der Waals surface area contributed by atoms with Gasteiger partial charge in [-0.1, -0.05) is 26.0 Å². The first-order chi connectivity index (χ1) is 10.1. The van der Waals surface area contributed by atoms with Gasteiger partial charge in [0, 0.05) is 6.04 Å². The molecular formula is C17H23NO3. The molecule has 0 atom stereocenters. The highest BCUT2D eigenvalue weighted by Crippen LogP contribution is 2.27. The van der Waals surface area contributed by atoms with Gasteiger partial charge >= 0.3 is 0 Å². The van der Waals surface area contributed by atoms with E-state index in [4.69, 9.17) is 13.9 Å². The number of para-hydroxylation sites is 2. The van der Waals surface area contributed by atoms with E-state index in [9.17, 15) is 0 Å². The molecule has 0 unspecified atom stereocenters. The number of nitrogens with one attached hydrogen (secondary N) is 1. The van der Waals surface area contributed by atoms with Crippen molar-refractivity contribution >= 4 is 0 Å². The second kappa shape index (κ2) is 7.18. The number of ether oxygens (including phenoxy) is 2. The third-order valence-electron chi connectivity index (χ3n) is 3.18. The highest BCUT2D eigenvalue weighted by molar-refractivity contribution is 5.39. The van der Waals surface area contributed by atoms with Crippen LogP contribution in [0.3, 0.4) is 0 Å². The number of furan rings is 1. The van der Waals surface area contributed by atoms with Crippen LogP contribution in [0.2, 0.25) is 0 Å². The summed E-state index contributed by atoms with van der Waals surface area (Å²) in [6, 6.07) is 10.0. The fourth-order valence-corrected chi connectivity index (χ4v) is 2.02. The van der Waals surface area contributed by atoms with Gasteiger partial charge in [0.25, 0.3) is 0 Å². The highest BCUT2D eigenvalue weighted by Gasteiger charge is 2.10. The molecule has 1 N–H and O–H groups in total. The minimum absolute atomic E-state index is 0.392. The van der Waals surface area contributed by atoms with Crippen LogP contribution in [0, 0.1) is 6.92 Å². The molecule has 4 nitrogen and oxygen atoms in total. The van der Waals surface area contributed by atoms with Crippen molar-refractivity contribution in [1.82, 2.24) is 5.32 Å². The average Bonchev–Trinajstić information content (AvgIpc) is 2.83. The van der Waals surface area contributed by atoms with Crippen LogP contribution in [-0.4, -0.2) is 13.2 Å². The van der Waals surface area contributed by atoms with E-state index >= 15 is 0 Å². The van der Waals surface area contributed by atoms with Crippen LogP contribution >= 0.6 is 0 Å². The summed E-state index contributed by atoms with van der Waals surface area (Å²) in [4.78, 5) is 0. The highest BCUT2D eigenvalue weighted by atomic mass is 16.5. The van der Waals surface area contributed by atoms with Crippen LogP contribution in [0.1, 0.15) is 30.9 Å². The van der Waals surface area contributed by atoms with Gasteiger partial charge in [-0.25, -0.2) is 0 Å². The Kier molecular flexibility index (Phi) is 5.28. The molecule has 0 spiro atoms. The summed E-state index contributed by atoms with van der Waals surface area (Å²) in [7, 11) is 1.63. The summed E-state index contributed by atoms with van der Waals surface area (Å²) >= 11 is 0. The summed E-state index contributed by atoms with van der Waals surface area (Å²) in [5.74, 6) is 3.22. The summed E-state index contributed by atoms with van der Waals surface area (Å²) in [5, 5.41) is 3.35. The van der Waals surface area contributed by atoms with Gasteiger partial charge in [-0.2, -0.15) is 0 Å². The summed E-state index contributed by atoms with van der Waals surface area (Å²) in [5.41, 5.74) is 1.14. The number of rotatable bonds is 7. The Morgan fingerprint density at radius 1 is 1.19 bits per heavy atom. The van der Waals surface area contributed by atoms with Crippen molar-refractivity contribution < 1.29 is 13.9 Å². The standard InChI is InChI=1S/C17H23NO3/c1-12(2)18-10-17-13(3)9-14(21-17)11-20-16-8-6-5-7-15(16)19-4/h5-9,12,18H,10-11H2,1-4H3. The lowest BCUT2D eigenvalue weighted by Crippen LogP contribution is -2.21. The second-order valence-corrected chi connectivity index (χ2v) is 5.29. The Labute approximate surface area is 126 Å². The van der Waals surface area contributed by atoms with Crippen molar-refractivity contribution in [1.29, 1.82) is 0 Å². The molecule has 0 aliphatic carbocycles. The molecule has 0 bridgehead atoms. The normalized spacial score (nSPS) is 10.9. The van der Waals surface area contributed by atoms with E-state index < -0.39 is 0 Å². The predicted molar refractivity (Wildman–Crippen MR) is 82.7 cm³/mol. The molecule has 0 fully saturated rings. The van der Waals surface area contributed by atoms with Crippen LogP contribution in [-0.2, 0) is 13.2 Å². The lowest BCUT2D eigenvalue weighted by Gasteiger charge is -2.09. The first-order valence-electron chi connectivity index (χ1n) is 7.17. The van der Waals surface area contributed by atoms with Gasteiger partial charge in [0.1, 0.15) is 18.1 Å². The van der Waals surface area contributed by atoms with Crippen LogP contribution in [0.15, 0.2) is 34.7 Å². The van der Waals surface area contributed by atoms with Crippen molar-refractivity contribution in [3.63, 3.8) is 0 Å². The molecule has 0 saturated carbocycles. The quantitative estimate of drug-likeness (QED) is 0.844. The zero-order valence-corrected chi connectivity index (χ0v) is 13.1. The van der Waals surface area contributed by atoms with Crippen molar-refractivity contribution in [3.05, 3.63) is 47.4 Å². The summed E-state index contributed by atoms with van der Waals surface area (Å²) in [6.45, 7) is 7.41. The van der Waals surface area contributed by atoms with E-state index in [-0.39, 0.29) is 0 Å². The molecule has 0 aliphatic rings.